The molecule has 1 aromatic heterocycles. The standard InChI is InChI=1S/C23H32ClN5O3/c1-23(2)12-15(9-16-7-6-8-29(16)23)26-21-17(24)13-25-22(28-21)27-14-10-18(30-3)20(32-5)19(11-14)31-4/h10-11,13,15-16H,6-9,12H2,1-5H3,(H2,25,26,27,28)/t15-,16+/m1/s1. The van der Waals surface area contributed by atoms with Gasteiger partial charge < -0.3 is 24.8 Å². The highest BCUT2D eigenvalue weighted by Gasteiger charge is 2.43. The SMILES string of the molecule is COc1cc(Nc2ncc(Cl)c(N[C@@H]3C[C@@H]4CCCN4C(C)(C)C3)n2)cc(OC)c1OC. The number of nitrogens with one attached hydrogen (secondary N) is 2. The zero-order chi connectivity index (χ0) is 22.9. The van der Waals surface area contributed by atoms with E-state index >= 15 is 0 Å². The molecule has 1 aromatic carbocycles. The minimum Gasteiger partial charge on any atom is -0.493 e. The Morgan fingerprint density at radius 3 is 2.50 bits per heavy atom. The average Bonchev–Trinajstić information content (AvgIpc) is 3.24. The summed E-state index contributed by atoms with van der Waals surface area (Å²) in [6.07, 6.45) is 6.29. The Bertz CT molecular complexity index is 946. The molecule has 2 saturated heterocycles. The van der Waals surface area contributed by atoms with Gasteiger partial charge in [-0.05, 0) is 46.1 Å². The van der Waals surface area contributed by atoms with Crippen LogP contribution in [0.15, 0.2) is 18.3 Å². The Kier molecular flexibility index (Phi) is 6.53. The zero-order valence-electron chi connectivity index (χ0n) is 19.4. The highest BCUT2D eigenvalue weighted by Crippen LogP contribution is 2.41. The Labute approximate surface area is 194 Å². The molecule has 8 nitrogen and oxygen atoms in total. The molecule has 2 aliphatic rings. The number of benzene rings is 1. The predicted octanol–water partition coefficient (Wildman–Crippen LogP) is 4.72. The van der Waals surface area contributed by atoms with Crippen molar-refractivity contribution in [3.8, 4) is 17.2 Å². The van der Waals surface area contributed by atoms with Crippen LogP contribution in [-0.4, -0.2) is 60.4 Å². The van der Waals surface area contributed by atoms with Crippen LogP contribution in [0.1, 0.15) is 39.5 Å². The number of anilines is 3. The second-order valence-corrected chi connectivity index (χ2v) is 9.42. The van der Waals surface area contributed by atoms with Gasteiger partial charge in [0.2, 0.25) is 11.7 Å². The summed E-state index contributed by atoms with van der Waals surface area (Å²) in [5, 5.41) is 7.31. The van der Waals surface area contributed by atoms with Crippen LogP contribution in [-0.2, 0) is 0 Å². The fourth-order valence-electron chi connectivity index (χ4n) is 5.12. The number of aromatic nitrogens is 2. The van der Waals surface area contributed by atoms with Crippen molar-refractivity contribution < 1.29 is 14.2 Å². The topological polar surface area (TPSA) is 80.8 Å². The Balaban J connectivity index is 1.53. The van der Waals surface area contributed by atoms with E-state index in [1.165, 1.54) is 19.4 Å². The normalized spacial score (nSPS) is 22.2. The fourth-order valence-corrected chi connectivity index (χ4v) is 5.27. The van der Waals surface area contributed by atoms with Crippen molar-refractivity contribution in [1.82, 2.24) is 14.9 Å². The number of fused-ring (bicyclic) bond motifs is 1. The van der Waals surface area contributed by atoms with Crippen LogP contribution < -0.4 is 24.8 Å². The summed E-state index contributed by atoms with van der Waals surface area (Å²) in [7, 11) is 4.74. The van der Waals surface area contributed by atoms with E-state index in [9.17, 15) is 0 Å². The molecule has 0 spiro atoms. The molecule has 2 atom stereocenters. The number of methoxy groups -OCH3 is 3. The number of ether oxygens (including phenoxy) is 3. The lowest BCUT2D eigenvalue weighted by atomic mass is 9.84. The summed E-state index contributed by atoms with van der Waals surface area (Å²) >= 11 is 6.45. The minimum atomic E-state index is 0.161. The molecular formula is C23H32ClN5O3. The third kappa shape index (κ3) is 4.52. The van der Waals surface area contributed by atoms with E-state index in [1.54, 1.807) is 27.5 Å². The van der Waals surface area contributed by atoms with E-state index in [0.29, 0.717) is 51.8 Å². The van der Waals surface area contributed by atoms with Crippen molar-refractivity contribution in [2.24, 2.45) is 0 Å². The molecule has 9 heteroatoms. The molecule has 0 aliphatic carbocycles. The Hall–Kier alpha value is -2.45. The smallest absolute Gasteiger partial charge is 0.229 e. The Morgan fingerprint density at radius 1 is 1.12 bits per heavy atom. The lowest BCUT2D eigenvalue weighted by Crippen LogP contribution is -2.55. The maximum atomic E-state index is 6.45. The molecule has 4 rings (SSSR count). The molecule has 2 N–H and O–H groups in total. The first-order chi connectivity index (χ1) is 15.3. The number of nitrogens with zero attached hydrogens (tertiary/aromatic N) is 3. The summed E-state index contributed by atoms with van der Waals surface area (Å²) in [6, 6.07) is 4.55. The monoisotopic (exact) mass is 461 g/mol. The lowest BCUT2D eigenvalue weighted by Gasteiger charge is -2.47. The van der Waals surface area contributed by atoms with Crippen molar-refractivity contribution in [3.63, 3.8) is 0 Å². The molecule has 3 heterocycles. The lowest BCUT2D eigenvalue weighted by molar-refractivity contribution is 0.0501. The van der Waals surface area contributed by atoms with E-state index < -0.39 is 0 Å². The maximum Gasteiger partial charge on any atom is 0.229 e. The molecule has 2 aliphatic heterocycles. The number of hydrogen-bond donors (Lipinski definition) is 2. The highest BCUT2D eigenvalue weighted by molar-refractivity contribution is 6.32. The van der Waals surface area contributed by atoms with Crippen LogP contribution in [0.4, 0.5) is 17.5 Å². The third-order valence-electron chi connectivity index (χ3n) is 6.46. The number of hydrogen-bond acceptors (Lipinski definition) is 8. The van der Waals surface area contributed by atoms with Gasteiger partial charge in [0.05, 0.1) is 27.5 Å². The van der Waals surface area contributed by atoms with Gasteiger partial charge in [0, 0.05) is 35.4 Å². The number of halogens is 1. The van der Waals surface area contributed by atoms with Gasteiger partial charge in [0.1, 0.15) is 5.02 Å². The van der Waals surface area contributed by atoms with Gasteiger partial charge in [-0.1, -0.05) is 11.6 Å². The van der Waals surface area contributed by atoms with E-state index in [4.69, 9.17) is 25.8 Å². The van der Waals surface area contributed by atoms with Crippen molar-refractivity contribution in [2.75, 3.05) is 38.5 Å². The quantitative estimate of drug-likeness (QED) is 0.613. The first-order valence-electron chi connectivity index (χ1n) is 11.0. The molecule has 32 heavy (non-hydrogen) atoms. The van der Waals surface area contributed by atoms with E-state index in [0.717, 1.165) is 12.8 Å². The van der Waals surface area contributed by atoms with Gasteiger partial charge in [-0.2, -0.15) is 4.98 Å². The van der Waals surface area contributed by atoms with Crippen LogP contribution in [0.3, 0.4) is 0 Å². The van der Waals surface area contributed by atoms with Gasteiger partial charge in [-0.15, -0.1) is 0 Å². The van der Waals surface area contributed by atoms with E-state index in [-0.39, 0.29) is 5.54 Å². The van der Waals surface area contributed by atoms with Crippen LogP contribution in [0.25, 0.3) is 0 Å². The van der Waals surface area contributed by atoms with Crippen molar-refractivity contribution in [1.29, 1.82) is 0 Å². The first-order valence-corrected chi connectivity index (χ1v) is 11.3. The summed E-state index contributed by atoms with van der Waals surface area (Å²) < 4.78 is 16.3. The summed E-state index contributed by atoms with van der Waals surface area (Å²) in [5.74, 6) is 2.70. The molecule has 0 saturated carbocycles. The highest BCUT2D eigenvalue weighted by atomic mass is 35.5. The average molecular weight is 462 g/mol. The second kappa shape index (κ2) is 9.19. The fraction of sp³-hybridized carbons (Fsp3) is 0.565. The minimum absolute atomic E-state index is 0.161. The molecular weight excluding hydrogens is 430 g/mol. The molecule has 0 bridgehead atoms. The van der Waals surface area contributed by atoms with E-state index in [2.05, 4.69) is 39.3 Å². The van der Waals surface area contributed by atoms with Crippen molar-refractivity contribution in [2.45, 2.75) is 57.2 Å². The van der Waals surface area contributed by atoms with Crippen molar-refractivity contribution >= 4 is 29.1 Å². The molecule has 0 radical (unpaired) electrons. The number of piperidine rings is 1. The molecule has 2 fully saturated rings. The van der Waals surface area contributed by atoms with Crippen molar-refractivity contribution in [3.05, 3.63) is 23.4 Å². The van der Waals surface area contributed by atoms with Gasteiger partial charge in [0.15, 0.2) is 17.3 Å². The summed E-state index contributed by atoms with van der Waals surface area (Å²) in [4.78, 5) is 11.7. The summed E-state index contributed by atoms with van der Waals surface area (Å²) in [6.45, 7) is 5.86. The van der Waals surface area contributed by atoms with Crippen LogP contribution >= 0.6 is 11.6 Å². The van der Waals surface area contributed by atoms with Gasteiger partial charge in [0.25, 0.3) is 0 Å². The predicted molar refractivity (Wildman–Crippen MR) is 127 cm³/mol. The first kappa shape index (κ1) is 22.7. The van der Waals surface area contributed by atoms with Gasteiger partial charge in [-0.25, -0.2) is 4.98 Å². The maximum absolute atomic E-state index is 6.45. The summed E-state index contributed by atoms with van der Waals surface area (Å²) in [5.41, 5.74) is 0.876. The van der Waals surface area contributed by atoms with Crippen LogP contribution in [0.5, 0.6) is 17.2 Å². The molecule has 174 valence electrons. The molecule has 2 aromatic rings. The number of rotatable bonds is 7. The molecule has 0 amide bonds. The van der Waals surface area contributed by atoms with Gasteiger partial charge in [-0.3, -0.25) is 4.90 Å². The zero-order valence-corrected chi connectivity index (χ0v) is 20.1. The third-order valence-corrected chi connectivity index (χ3v) is 6.74. The van der Waals surface area contributed by atoms with E-state index in [1.807, 2.05) is 12.1 Å². The largest absolute Gasteiger partial charge is 0.493 e. The van der Waals surface area contributed by atoms with Crippen LogP contribution in [0.2, 0.25) is 5.02 Å². The second-order valence-electron chi connectivity index (χ2n) is 9.01. The van der Waals surface area contributed by atoms with Crippen LogP contribution in [0, 0.1) is 0 Å². The van der Waals surface area contributed by atoms with Gasteiger partial charge >= 0.3 is 0 Å². The molecule has 0 unspecified atom stereocenters. The Morgan fingerprint density at radius 2 is 1.84 bits per heavy atom.